The van der Waals surface area contributed by atoms with E-state index >= 15 is 0 Å². The third-order valence-electron chi connectivity index (χ3n) is 4.94. The lowest BCUT2D eigenvalue weighted by molar-refractivity contribution is -0.135. The summed E-state index contributed by atoms with van der Waals surface area (Å²) in [7, 11) is 0. The summed E-state index contributed by atoms with van der Waals surface area (Å²) in [4.78, 5) is 14.2. The number of carbonyl (C=O) groups excluding carboxylic acids is 1. The van der Waals surface area contributed by atoms with E-state index in [9.17, 15) is 4.79 Å². The summed E-state index contributed by atoms with van der Waals surface area (Å²) in [5, 5.41) is 3.46. The van der Waals surface area contributed by atoms with Gasteiger partial charge in [-0.15, -0.1) is 0 Å². The molecule has 1 atom stereocenters. The van der Waals surface area contributed by atoms with Crippen LogP contribution in [0.3, 0.4) is 0 Å². The zero-order valence-corrected chi connectivity index (χ0v) is 11.1. The summed E-state index contributed by atoms with van der Waals surface area (Å²) in [5.74, 6) is 0.308. The maximum absolute atomic E-state index is 12.2. The molecule has 0 aromatic rings. The number of likely N-dealkylation sites (tertiary alicyclic amines) is 1. The molecule has 1 unspecified atom stereocenters. The average Bonchev–Trinajstić information content (AvgIpc) is 3.03. The van der Waals surface area contributed by atoms with Crippen LogP contribution in [0.25, 0.3) is 0 Å². The molecule has 3 fully saturated rings. The van der Waals surface area contributed by atoms with Gasteiger partial charge in [-0.3, -0.25) is 4.79 Å². The standard InChI is InChI=1S/C14H24N2O2/c17-13(10-12-2-1-9-18-12)16-7-4-14(5-8-16)3-6-15-11-14/h12,15H,1-11H2. The molecule has 3 aliphatic rings. The summed E-state index contributed by atoms with van der Waals surface area (Å²) in [5.41, 5.74) is 0.501. The molecular weight excluding hydrogens is 228 g/mol. The van der Waals surface area contributed by atoms with Gasteiger partial charge in [0.15, 0.2) is 0 Å². The number of piperidine rings is 1. The summed E-state index contributed by atoms with van der Waals surface area (Å²) >= 11 is 0. The van der Waals surface area contributed by atoms with Crippen LogP contribution < -0.4 is 5.32 Å². The van der Waals surface area contributed by atoms with E-state index in [1.165, 1.54) is 19.3 Å². The van der Waals surface area contributed by atoms with Crippen molar-refractivity contribution in [2.24, 2.45) is 5.41 Å². The Kier molecular flexibility index (Phi) is 3.57. The molecule has 18 heavy (non-hydrogen) atoms. The maximum Gasteiger partial charge on any atom is 0.225 e. The molecule has 3 heterocycles. The third kappa shape index (κ3) is 2.54. The van der Waals surface area contributed by atoms with Crippen molar-refractivity contribution in [3.63, 3.8) is 0 Å². The molecule has 102 valence electrons. The summed E-state index contributed by atoms with van der Waals surface area (Å²) in [6.07, 6.45) is 6.63. The van der Waals surface area contributed by atoms with Gasteiger partial charge >= 0.3 is 0 Å². The van der Waals surface area contributed by atoms with Crippen LogP contribution in [0.4, 0.5) is 0 Å². The molecule has 0 aromatic heterocycles. The molecule has 4 nitrogen and oxygen atoms in total. The Bertz CT molecular complexity index is 297. The highest BCUT2D eigenvalue weighted by molar-refractivity contribution is 5.76. The highest BCUT2D eigenvalue weighted by Gasteiger charge is 2.38. The SMILES string of the molecule is O=C(CC1CCCO1)N1CCC2(CCNC2)CC1. The quantitative estimate of drug-likeness (QED) is 0.802. The smallest absolute Gasteiger partial charge is 0.225 e. The van der Waals surface area contributed by atoms with Gasteiger partial charge in [-0.1, -0.05) is 0 Å². The van der Waals surface area contributed by atoms with Crippen LogP contribution >= 0.6 is 0 Å². The zero-order chi connectivity index (χ0) is 12.4. The van der Waals surface area contributed by atoms with Crippen LogP contribution in [0.2, 0.25) is 0 Å². The van der Waals surface area contributed by atoms with Crippen molar-refractivity contribution >= 4 is 5.91 Å². The van der Waals surface area contributed by atoms with Gasteiger partial charge in [-0.2, -0.15) is 0 Å². The first-order valence-electron chi connectivity index (χ1n) is 7.38. The molecule has 3 saturated heterocycles. The average molecular weight is 252 g/mol. The number of carbonyl (C=O) groups is 1. The second-order valence-corrected chi connectivity index (χ2v) is 6.15. The second kappa shape index (κ2) is 5.17. The Morgan fingerprint density at radius 3 is 2.78 bits per heavy atom. The Balaban J connectivity index is 1.48. The van der Waals surface area contributed by atoms with Gasteiger partial charge in [0.1, 0.15) is 0 Å². The van der Waals surface area contributed by atoms with E-state index < -0.39 is 0 Å². The lowest BCUT2D eigenvalue weighted by Crippen LogP contribution is -2.44. The second-order valence-electron chi connectivity index (χ2n) is 6.15. The van der Waals surface area contributed by atoms with Crippen LogP contribution in [0.5, 0.6) is 0 Å². The number of amides is 1. The molecule has 0 radical (unpaired) electrons. The fourth-order valence-corrected chi connectivity index (χ4v) is 3.58. The molecule has 3 aliphatic heterocycles. The summed E-state index contributed by atoms with van der Waals surface area (Å²) < 4.78 is 5.55. The van der Waals surface area contributed by atoms with Crippen molar-refractivity contribution in [1.29, 1.82) is 0 Å². The van der Waals surface area contributed by atoms with Crippen LogP contribution in [-0.4, -0.2) is 49.7 Å². The number of rotatable bonds is 2. The Hall–Kier alpha value is -0.610. The first-order chi connectivity index (χ1) is 8.77. The minimum absolute atomic E-state index is 0.196. The molecule has 0 aliphatic carbocycles. The van der Waals surface area contributed by atoms with Crippen molar-refractivity contribution in [2.45, 2.75) is 44.6 Å². The normalized spacial score (nSPS) is 31.1. The van der Waals surface area contributed by atoms with Gasteiger partial charge < -0.3 is 15.0 Å². The molecular formula is C14H24N2O2. The Morgan fingerprint density at radius 1 is 1.33 bits per heavy atom. The Labute approximate surface area is 109 Å². The highest BCUT2D eigenvalue weighted by atomic mass is 16.5. The largest absolute Gasteiger partial charge is 0.378 e. The number of nitrogens with one attached hydrogen (secondary N) is 1. The summed E-state index contributed by atoms with van der Waals surface area (Å²) in [6, 6.07) is 0. The van der Waals surface area contributed by atoms with E-state index in [2.05, 4.69) is 10.2 Å². The topological polar surface area (TPSA) is 41.6 Å². The minimum Gasteiger partial charge on any atom is -0.378 e. The number of hydrogen-bond donors (Lipinski definition) is 1. The van der Waals surface area contributed by atoms with Crippen LogP contribution in [0.15, 0.2) is 0 Å². The molecule has 1 amide bonds. The van der Waals surface area contributed by atoms with Crippen molar-refractivity contribution in [2.75, 3.05) is 32.8 Å². The number of hydrogen-bond acceptors (Lipinski definition) is 3. The Morgan fingerprint density at radius 2 is 2.17 bits per heavy atom. The molecule has 0 bridgehead atoms. The van der Waals surface area contributed by atoms with Gasteiger partial charge in [0, 0.05) is 26.2 Å². The fourth-order valence-electron chi connectivity index (χ4n) is 3.58. The van der Waals surface area contributed by atoms with Gasteiger partial charge in [-0.05, 0) is 44.1 Å². The van der Waals surface area contributed by atoms with Gasteiger partial charge in [0.05, 0.1) is 12.5 Å². The molecule has 0 saturated carbocycles. The maximum atomic E-state index is 12.2. The van der Waals surface area contributed by atoms with E-state index in [0.717, 1.165) is 45.6 Å². The van der Waals surface area contributed by atoms with E-state index in [4.69, 9.17) is 4.74 Å². The zero-order valence-electron chi connectivity index (χ0n) is 11.1. The van der Waals surface area contributed by atoms with E-state index in [0.29, 0.717) is 17.7 Å². The monoisotopic (exact) mass is 252 g/mol. The first-order valence-corrected chi connectivity index (χ1v) is 7.38. The van der Waals surface area contributed by atoms with Gasteiger partial charge in [0.2, 0.25) is 5.91 Å². The number of ether oxygens (including phenoxy) is 1. The van der Waals surface area contributed by atoms with E-state index in [1.54, 1.807) is 0 Å². The van der Waals surface area contributed by atoms with E-state index in [1.807, 2.05) is 0 Å². The molecule has 0 aromatic carbocycles. The molecule has 4 heteroatoms. The first kappa shape index (κ1) is 12.4. The lowest BCUT2D eigenvalue weighted by atomic mass is 9.78. The van der Waals surface area contributed by atoms with Gasteiger partial charge in [-0.25, -0.2) is 0 Å². The highest BCUT2D eigenvalue weighted by Crippen LogP contribution is 2.37. The van der Waals surface area contributed by atoms with Crippen molar-refractivity contribution < 1.29 is 9.53 Å². The van der Waals surface area contributed by atoms with Gasteiger partial charge in [0.25, 0.3) is 0 Å². The molecule has 1 spiro atoms. The van der Waals surface area contributed by atoms with Crippen LogP contribution in [-0.2, 0) is 9.53 Å². The van der Waals surface area contributed by atoms with Crippen molar-refractivity contribution in [1.82, 2.24) is 10.2 Å². The predicted molar refractivity (Wildman–Crippen MR) is 69.3 cm³/mol. The van der Waals surface area contributed by atoms with E-state index in [-0.39, 0.29) is 6.10 Å². The minimum atomic E-state index is 0.196. The summed E-state index contributed by atoms with van der Waals surface area (Å²) in [6.45, 7) is 5.05. The lowest BCUT2D eigenvalue weighted by Gasteiger charge is -2.39. The predicted octanol–water partition coefficient (Wildman–Crippen LogP) is 1.16. The molecule has 1 N–H and O–H groups in total. The third-order valence-corrected chi connectivity index (χ3v) is 4.94. The van der Waals surface area contributed by atoms with Crippen molar-refractivity contribution in [3.8, 4) is 0 Å². The number of nitrogens with zero attached hydrogens (tertiary/aromatic N) is 1. The van der Waals surface area contributed by atoms with Crippen LogP contribution in [0, 0.1) is 5.41 Å². The van der Waals surface area contributed by atoms with Crippen LogP contribution in [0.1, 0.15) is 38.5 Å². The molecule has 3 rings (SSSR count). The van der Waals surface area contributed by atoms with Crippen molar-refractivity contribution in [3.05, 3.63) is 0 Å². The fraction of sp³-hybridized carbons (Fsp3) is 0.929.